The Kier molecular flexibility index (Phi) is 10.8. The first kappa shape index (κ1) is 13.3. The van der Waals surface area contributed by atoms with Crippen LogP contribution in [0.25, 0.3) is 0 Å². The highest BCUT2D eigenvalue weighted by atomic mass is 16.3. The van der Waals surface area contributed by atoms with Crippen molar-refractivity contribution in [2.75, 3.05) is 14.2 Å². The number of aliphatic hydroxyl groups is 2. The van der Waals surface area contributed by atoms with Gasteiger partial charge in [-0.05, 0) is 24.3 Å². The van der Waals surface area contributed by atoms with Gasteiger partial charge in [0.2, 0.25) is 0 Å². The van der Waals surface area contributed by atoms with Gasteiger partial charge >= 0.3 is 0 Å². The standard InChI is InChI=1S/C6H6O2.2CH4O/c7-5-1-2-6(8)4-3-5;2*1-2/h1-4,7-8H;2*2H,1H3. The summed E-state index contributed by atoms with van der Waals surface area (Å²) in [7, 11) is 2.00. The van der Waals surface area contributed by atoms with Crippen molar-refractivity contribution in [2.24, 2.45) is 0 Å². The lowest BCUT2D eigenvalue weighted by molar-refractivity contribution is 0.399. The van der Waals surface area contributed by atoms with E-state index >= 15 is 0 Å². The maximum absolute atomic E-state index is 8.65. The minimum absolute atomic E-state index is 0.169. The van der Waals surface area contributed by atoms with Crippen molar-refractivity contribution in [1.82, 2.24) is 0 Å². The predicted octanol–water partition coefficient (Wildman–Crippen LogP) is 0.315. The van der Waals surface area contributed by atoms with Crippen molar-refractivity contribution < 1.29 is 20.4 Å². The van der Waals surface area contributed by atoms with E-state index in [2.05, 4.69) is 0 Å². The summed E-state index contributed by atoms with van der Waals surface area (Å²) < 4.78 is 0. The Morgan fingerprint density at radius 3 is 1.00 bits per heavy atom. The Bertz CT molecular complexity index is 150. The summed E-state index contributed by atoms with van der Waals surface area (Å²) in [4.78, 5) is 0. The SMILES string of the molecule is CO.CO.Oc1ccc(O)cc1. The van der Waals surface area contributed by atoms with Crippen LogP contribution in [0.15, 0.2) is 24.3 Å². The van der Waals surface area contributed by atoms with Gasteiger partial charge in [-0.2, -0.15) is 0 Å². The van der Waals surface area contributed by atoms with Crippen LogP contribution in [0.2, 0.25) is 0 Å². The number of phenols is 2. The molecule has 1 aromatic rings. The average molecular weight is 174 g/mol. The molecule has 12 heavy (non-hydrogen) atoms. The van der Waals surface area contributed by atoms with Crippen LogP contribution in [0, 0.1) is 0 Å². The molecule has 0 saturated heterocycles. The van der Waals surface area contributed by atoms with Crippen LogP contribution in [0.4, 0.5) is 0 Å². The van der Waals surface area contributed by atoms with E-state index in [1.807, 2.05) is 0 Å². The number of hydrogen-bond acceptors (Lipinski definition) is 4. The number of phenolic OH excluding ortho intramolecular Hbond substituents is 2. The van der Waals surface area contributed by atoms with Gasteiger partial charge in [0, 0.05) is 14.2 Å². The van der Waals surface area contributed by atoms with Gasteiger partial charge in [0.15, 0.2) is 0 Å². The molecule has 0 saturated carbocycles. The molecular weight excluding hydrogens is 160 g/mol. The fourth-order valence-corrected chi connectivity index (χ4v) is 0.453. The molecule has 4 heteroatoms. The lowest BCUT2D eigenvalue weighted by atomic mass is 10.3. The van der Waals surface area contributed by atoms with Gasteiger partial charge < -0.3 is 20.4 Å². The summed E-state index contributed by atoms with van der Waals surface area (Å²) in [6, 6.07) is 5.70. The quantitative estimate of drug-likeness (QED) is 0.427. The van der Waals surface area contributed by atoms with Crippen molar-refractivity contribution in [2.45, 2.75) is 0 Å². The smallest absolute Gasteiger partial charge is 0.115 e. The molecule has 0 heterocycles. The van der Waals surface area contributed by atoms with E-state index in [1.165, 1.54) is 24.3 Å². The van der Waals surface area contributed by atoms with E-state index in [1.54, 1.807) is 0 Å². The average Bonchev–Trinajstić information content (AvgIpc) is 2.17. The van der Waals surface area contributed by atoms with Crippen LogP contribution in [-0.4, -0.2) is 34.6 Å². The molecule has 0 aromatic heterocycles. The highest BCUT2D eigenvalue weighted by molar-refractivity contribution is 5.28. The predicted molar refractivity (Wildman–Crippen MR) is 46.1 cm³/mol. The summed E-state index contributed by atoms with van der Waals surface area (Å²) in [5, 5.41) is 31.3. The van der Waals surface area contributed by atoms with E-state index in [9.17, 15) is 0 Å². The third-order valence-electron chi connectivity index (χ3n) is 0.850. The number of aromatic hydroxyl groups is 2. The van der Waals surface area contributed by atoms with Crippen LogP contribution in [0.5, 0.6) is 11.5 Å². The van der Waals surface area contributed by atoms with E-state index in [0.717, 1.165) is 14.2 Å². The molecule has 0 unspecified atom stereocenters. The Hall–Kier alpha value is -1.26. The molecule has 0 radical (unpaired) electrons. The summed E-state index contributed by atoms with van der Waals surface area (Å²) in [5.74, 6) is 0.339. The molecule has 1 rings (SSSR count). The molecule has 0 fully saturated rings. The van der Waals surface area contributed by atoms with Crippen LogP contribution in [-0.2, 0) is 0 Å². The molecule has 0 aliphatic rings. The molecule has 4 N–H and O–H groups in total. The van der Waals surface area contributed by atoms with Gasteiger partial charge in [-0.1, -0.05) is 0 Å². The third-order valence-corrected chi connectivity index (χ3v) is 0.850. The first-order valence-electron chi connectivity index (χ1n) is 3.16. The van der Waals surface area contributed by atoms with Gasteiger partial charge in [-0.3, -0.25) is 0 Å². The first-order chi connectivity index (χ1) is 5.79. The van der Waals surface area contributed by atoms with Gasteiger partial charge in [0.1, 0.15) is 11.5 Å². The molecule has 0 amide bonds. The van der Waals surface area contributed by atoms with Gasteiger partial charge in [0.25, 0.3) is 0 Å². The summed E-state index contributed by atoms with van der Waals surface area (Å²) in [6.07, 6.45) is 0. The monoisotopic (exact) mass is 174 g/mol. The number of aliphatic hydroxyl groups excluding tert-OH is 2. The van der Waals surface area contributed by atoms with Crippen LogP contribution in [0.3, 0.4) is 0 Å². The fourth-order valence-electron chi connectivity index (χ4n) is 0.453. The highest BCUT2D eigenvalue weighted by Gasteiger charge is 1.84. The van der Waals surface area contributed by atoms with E-state index < -0.39 is 0 Å². The Labute approximate surface area is 71.3 Å². The molecule has 0 aliphatic carbocycles. The minimum Gasteiger partial charge on any atom is -0.508 e. The summed E-state index contributed by atoms with van der Waals surface area (Å²) in [5.41, 5.74) is 0. The largest absolute Gasteiger partial charge is 0.508 e. The van der Waals surface area contributed by atoms with Crippen molar-refractivity contribution in [3.8, 4) is 11.5 Å². The third kappa shape index (κ3) is 6.85. The van der Waals surface area contributed by atoms with Gasteiger partial charge in [-0.15, -0.1) is 0 Å². The topological polar surface area (TPSA) is 80.9 Å². The zero-order valence-electron chi connectivity index (χ0n) is 7.10. The number of benzene rings is 1. The van der Waals surface area contributed by atoms with Crippen LogP contribution in [0.1, 0.15) is 0 Å². The van der Waals surface area contributed by atoms with Crippen molar-refractivity contribution >= 4 is 0 Å². The van der Waals surface area contributed by atoms with E-state index in [-0.39, 0.29) is 11.5 Å². The van der Waals surface area contributed by atoms with Gasteiger partial charge in [0.05, 0.1) is 0 Å². The Morgan fingerprint density at radius 2 is 0.833 bits per heavy atom. The Balaban J connectivity index is 0. The zero-order valence-corrected chi connectivity index (χ0v) is 7.10. The molecule has 4 nitrogen and oxygen atoms in total. The van der Waals surface area contributed by atoms with E-state index in [4.69, 9.17) is 20.4 Å². The number of hydrogen-bond donors (Lipinski definition) is 4. The normalized spacial score (nSPS) is 7.00. The highest BCUT2D eigenvalue weighted by Crippen LogP contribution is 2.13. The zero-order chi connectivity index (χ0) is 9.98. The molecule has 0 bridgehead atoms. The summed E-state index contributed by atoms with van der Waals surface area (Å²) in [6.45, 7) is 0. The van der Waals surface area contributed by atoms with Crippen LogP contribution >= 0.6 is 0 Å². The second kappa shape index (κ2) is 9.74. The molecule has 0 aliphatic heterocycles. The Morgan fingerprint density at radius 1 is 0.667 bits per heavy atom. The second-order valence-corrected chi connectivity index (χ2v) is 1.52. The minimum atomic E-state index is 0.169. The van der Waals surface area contributed by atoms with E-state index in [0.29, 0.717) is 0 Å². The molecule has 1 aromatic carbocycles. The maximum atomic E-state index is 8.65. The maximum Gasteiger partial charge on any atom is 0.115 e. The molecule has 0 spiro atoms. The van der Waals surface area contributed by atoms with Crippen molar-refractivity contribution in [3.63, 3.8) is 0 Å². The lowest BCUT2D eigenvalue weighted by Gasteiger charge is -1.88. The number of rotatable bonds is 0. The second-order valence-electron chi connectivity index (χ2n) is 1.52. The summed E-state index contributed by atoms with van der Waals surface area (Å²) >= 11 is 0. The van der Waals surface area contributed by atoms with Crippen molar-refractivity contribution in [3.05, 3.63) is 24.3 Å². The molecule has 0 atom stereocenters. The fraction of sp³-hybridized carbons (Fsp3) is 0.250. The van der Waals surface area contributed by atoms with Crippen LogP contribution < -0.4 is 0 Å². The lowest BCUT2D eigenvalue weighted by Crippen LogP contribution is -1.61. The first-order valence-corrected chi connectivity index (χ1v) is 3.16. The van der Waals surface area contributed by atoms with Gasteiger partial charge in [-0.25, -0.2) is 0 Å². The van der Waals surface area contributed by atoms with Crippen molar-refractivity contribution in [1.29, 1.82) is 0 Å². The molecule has 70 valence electrons. The molecular formula is C8H14O4.